The second-order valence-electron chi connectivity index (χ2n) is 7.92. The lowest BCUT2D eigenvalue weighted by Gasteiger charge is -2.31. The fourth-order valence-electron chi connectivity index (χ4n) is 3.96. The van der Waals surface area contributed by atoms with Crippen LogP contribution < -0.4 is 0 Å². The highest BCUT2D eigenvalue weighted by atomic mass is 16.5. The first-order chi connectivity index (χ1) is 14.9. The van der Waals surface area contributed by atoms with Crippen molar-refractivity contribution in [3.8, 4) is 11.8 Å². The maximum Gasteiger partial charge on any atom is 0.108 e. The molecule has 0 saturated carbocycles. The molecule has 0 spiro atoms. The molecule has 0 bridgehead atoms. The molecule has 0 atom stereocenters. The van der Waals surface area contributed by atoms with Crippen LogP contribution in [0.1, 0.15) is 35.6 Å². The fourth-order valence-corrected chi connectivity index (χ4v) is 3.96. The summed E-state index contributed by atoms with van der Waals surface area (Å²) < 4.78 is 6.48. The Kier molecular flexibility index (Phi) is 7.34. The zero-order chi connectivity index (χ0) is 20.4. The molecule has 0 aliphatic carbocycles. The quantitative estimate of drug-likeness (QED) is 0.507. The van der Waals surface area contributed by atoms with Crippen LogP contribution in [-0.2, 0) is 4.74 Å². The molecule has 0 amide bonds. The molecule has 0 radical (unpaired) electrons. The summed E-state index contributed by atoms with van der Waals surface area (Å²) in [7, 11) is 0. The summed E-state index contributed by atoms with van der Waals surface area (Å²) in [4.78, 5) is 2.46. The van der Waals surface area contributed by atoms with Crippen LogP contribution in [-0.4, -0.2) is 31.1 Å². The molecular formula is C28H29NO. The molecule has 3 aromatic carbocycles. The first-order valence-electron chi connectivity index (χ1n) is 10.9. The second-order valence-corrected chi connectivity index (χ2v) is 7.92. The van der Waals surface area contributed by atoms with Crippen molar-refractivity contribution in [1.82, 2.24) is 4.90 Å². The van der Waals surface area contributed by atoms with Gasteiger partial charge in [-0.05, 0) is 55.1 Å². The molecular weight excluding hydrogens is 366 g/mol. The normalized spacial score (nSPS) is 15.0. The molecule has 30 heavy (non-hydrogen) atoms. The third-order valence-corrected chi connectivity index (χ3v) is 5.72. The molecule has 2 nitrogen and oxygen atoms in total. The average molecular weight is 396 g/mol. The minimum absolute atomic E-state index is 0.00201. The van der Waals surface area contributed by atoms with Gasteiger partial charge in [0.25, 0.3) is 0 Å². The van der Waals surface area contributed by atoms with Crippen molar-refractivity contribution in [1.29, 1.82) is 0 Å². The van der Waals surface area contributed by atoms with Crippen molar-refractivity contribution in [2.45, 2.75) is 18.9 Å². The fraction of sp³-hybridized carbons (Fsp3) is 0.286. The molecule has 1 aliphatic heterocycles. The minimum atomic E-state index is 0.00201. The maximum atomic E-state index is 6.48. The van der Waals surface area contributed by atoms with Crippen LogP contribution in [0, 0.1) is 17.8 Å². The van der Waals surface area contributed by atoms with Crippen LogP contribution in [0.3, 0.4) is 0 Å². The zero-order valence-electron chi connectivity index (χ0n) is 17.4. The van der Waals surface area contributed by atoms with Gasteiger partial charge in [-0.15, -0.1) is 0 Å². The maximum absolute atomic E-state index is 6.48. The lowest BCUT2D eigenvalue weighted by Crippen LogP contribution is -2.35. The van der Waals surface area contributed by atoms with Crippen LogP contribution in [0.25, 0.3) is 0 Å². The van der Waals surface area contributed by atoms with E-state index in [4.69, 9.17) is 4.74 Å². The average Bonchev–Trinajstić information content (AvgIpc) is 2.82. The van der Waals surface area contributed by atoms with Gasteiger partial charge in [0.15, 0.2) is 0 Å². The van der Waals surface area contributed by atoms with E-state index in [1.807, 2.05) is 18.2 Å². The highest BCUT2D eigenvalue weighted by Crippen LogP contribution is 2.28. The van der Waals surface area contributed by atoms with Crippen molar-refractivity contribution >= 4 is 0 Å². The van der Waals surface area contributed by atoms with Gasteiger partial charge in [-0.3, -0.25) is 4.90 Å². The molecule has 0 aromatic heterocycles. The van der Waals surface area contributed by atoms with Crippen LogP contribution in [0.5, 0.6) is 0 Å². The number of rotatable bonds is 6. The lowest BCUT2D eigenvalue weighted by molar-refractivity contribution is 0.0326. The summed E-state index contributed by atoms with van der Waals surface area (Å²) in [6, 6.07) is 31.3. The van der Waals surface area contributed by atoms with E-state index >= 15 is 0 Å². The molecule has 1 fully saturated rings. The Hall–Kier alpha value is -2.86. The smallest absolute Gasteiger partial charge is 0.108 e. The van der Waals surface area contributed by atoms with Gasteiger partial charge in [0.05, 0.1) is 13.2 Å². The van der Waals surface area contributed by atoms with E-state index < -0.39 is 0 Å². The SMILES string of the molecule is C(#Cc1ccccc1)CN1CCC(COC(c2ccccc2)c2ccccc2)CC1. The van der Waals surface area contributed by atoms with Crippen molar-refractivity contribution < 1.29 is 4.74 Å². The highest BCUT2D eigenvalue weighted by Gasteiger charge is 2.21. The van der Waals surface area contributed by atoms with Gasteiger partial charge in [0, 0.05) is 5.56 Å². The van der Waals surface area contributed by atoms with Crippen molar-refractivity contribution in [2.24, 2.45) is 5.92 Å². The second kappa shape index (κ2) is 10.8. The van der Waals surface area contributed by atoms with E-state index in [1.165, 1.54) is 24.0 Å². The molecule has 0 unspecified atom stereocenters. The van der Waals surface area contributed by atoms with Gasteiger partial charge in [0.1, 0.15) is 6.10 Å². The van der Waals surface area contributed by atoms with Gasteiger partial charge in [-0.25, -0.2) is 0 Å². The Labute approximate surface area is 180 Å². The summed E-state index contributed by atoms with van der Waals surface area (Å²) in [6.07, 6.45) is 2.34. The predicted molar refractivity (Wildman–Crippen MR) is 123 cm³/mol. The van der Waals surface area contributed by atoms with E-state index in [1.54, 1.807) is 0 Å². The largest absolute Gasteiger partial charge is 0.368 e. The molecule has 1 heterocycles. The van der Waals surface area contributed by atoms with Crippen molar-refractivity contribution in [3.05, 3.63) is 108 Å². The Morgan fingerprint density at radius 1 is 0.767 bits per heavy atom. The van der Waals surface area contributed by atoms with Crippen molar-refractivity contribution in [2.75, 3.05) is 26.2 Å². The number of nitrogens with zero attached hydrogens (tertiary/aromatic N) is 1. The summed E-state index contributed by atoms with van der Waals surface area (Å²) in [6.45, 7) is 3.84. The molecule has 152 valence electrons. The van der Waals surface area contributed by atoms with Crippen LogP contribution in [0.2, 0.25) is 0 Å². The topological polar surface area (TPSA) is 12.5 Å². The summed E-state index contributed by atoms with van der Waals surface area (Å²) in [5.74, 6) is 7.20. The summed E-state index contributed by atoms with van der Waals surface area (Å²) in [5, 5.41) is 0. The third-order valence-electron chi connectivity index (χ3n) is 5.72. The molecule has 4 rings (SSSR count). The van der Waals surface area contributed by atoms with Gasteiger partial charge in [-0.1, -0.05) is 90.7 Å². The first kappa shape index (κ1) is 20.4. The lowest BCUT2D eigenvalue weighted by atomic mass is 9.97. The van der Waals surface area contributed by atoms with E-state index in [2.05, 4.69) is 89.5 Å². The number of hydrogen-bond donors (Lipinski definition) is 0. The standard InChI is InChI=1S/C28H29NO/c1-4-11-24(12-5-1)13-10-20-29-21-18-25(19-22-29)23-30-28(26-14-6-2-7-15-26)27-16-8-3-9-17-27/h1-9,11-12,14-17,25,28H,18-23H2. The third kappa shape index (κ3) is 5.83. The highest BCUT2D eigenvalue weighted by molar-refractivity contribution is 5.34. The Balaban J connectivity index is 1.28. The monoisotopic (exact) mass is 395 g/mol. The summed E-state index contributed by atoms with van der Waals surface area (Å²) in [5.41, 5.74) is 3.53. The number of likely N-dealkylation sites (tertiary alicyclic amines) is 1. The minimum Gasteiger partial charge on any atom is -0.368 e. The zero-order valence-corrected chi connectivity index (χ0v) is 17.4. The van der Waals surface area contributed by atoms with E-state index in [9.17, 15) is 0 Å². The Morgan fingerprint density at radius 2 is 1.30 bits per heavy atom. The van der Waals surface area contributed by atoms with E-state index in [-0.39, 0.29) is 6.10 Å². The predicted octanol–water partition coefficient (Wildman–Crippen LogP) is 5.56. The number of piperidine rings is 1. The number of benzene rings is 3. The summed E-state index contributed by atoms with van der Waals surface area (Å²) >= 11 is 0. The molecule has 1 saturated heterocycles. The van der Waals surface area contributed by atoms with Gasteiger partial charge >= 0.3 is 0 Å². The van der Waals surface area contributed by atoms with Gasteiger partial charge < -0.3 is 4.74 Å². The van der Waals surface area contributed by atoms with E-state index in [0.29, 0.717) is 5.92 Å². The molecule has 2 heteroatoms. The Bertz CT molecular complexity index is 896. The Morgan fingerprint density at radius 3 is 1.87 bits per heavy atom. The molecule has 0 N–H and O–H groups in total. The molecule has 1 aliphatic rings. The van der Waals surface area contributed by atoms with E-state index in [0.717, 1.165) is 31.8 Å². The number of hydrogen-bond acceptors (Lipinski definition) is 2. The van der Waals surface area contributed by atoms with Gasteiger partial charge in [-0.2, -0.15) is 0 Å². The van der Waals surface area contributed by atoms with Crippen LogP contribution in [0.4, 0.5) is 0 Å². The first-order valence-corrected chi connectivity index (χ1v) is 10.9. The number of ether oxygens (including phenoxy) is 1. The van der Waals surface area contributed by atoms with Crippen LogP contribution in [0.15, 0.2) is 91.0 Å². The van der Waals surface area contributed by atoms with Gasteiger partial charge in [0.2, 0.25) is 0 Å². The van der Waals surface area contributed by atoms with Crippen LogP contribution >= 0.6 is 0 Å². The van der Waals surface area contributed by atoms with Crippen molar-refractivity contribution in [3.63, 3.8) is 0 Å². The molecule has 3 aromatic rings.